The quantitative estimate of drug-likeness (QED) is 0.792. The van der Waals surface area contributed by atoms with Gasteiger partial charge in [0.1, 0.15) is 0 Å². The van der Waals surface area contributed by atoms with Crippen molar-refractivity contribution in [1.29, 1.82) is 0 Å². The van der Waals surface area contributed by atoms with Crippen LogP contribution in [-0.4, -0.2) is 5.11 Å². The first-order valence-corrected chi connectivity index (χ1v) is 7.80. The molecule has 0 bridgehead atoms. The molecule has 0 aromatic heterocycles. The van der Waals surface area contributed by atoms with Gasteiger partial charge in [-0.1, -0.05) is 23.8 Å². The maximum Gasteiger partial charge on any atom is 0.175 e. The minimum Gasteiger partial charge on any atom is -0.332 e. The summed E-state index contributed by atoms with van der Waals surface area (Å²) in [5.41, 5.74) is 7.52. The molecule has 0 fully saturated rings. The molecule has 0 unspecified atom stereocenters. The Morgan fingerprint density at radius 1 is 0.952 bits per heavy atom. The Hall–Kier alpha value is -1.87. The lowest BCUT2D eigenvalue weighted by molar-refractivity contribution is 0.912. The molecule has 0 spiro atoms. The number of fused-ring (bicyclic) bond motifs is 1. The number of thiocarbonyl (C=S) groups is 1. The monoisotopic (exact) mass is 296 g/mol. The van der Waals surface area contributed by atoms with Gasteiger partial charge in [0.05, 0.1) is 0 Å². The lowest BCUT2D eigenvalue weighted by Crippen LogP contribution is -2.19. The van der Waals surface area contributed by atoms with E-state index in [1.54, 1.807) is 0 Å². The molecule has 3 rings (SSSR count). The van der Waals surface area contributed by atoms with Crippen molar-refractivity contribution in [2.24, 2.45) is 0 Å². The average Bonchev–Trinajstić information content (AvgIpc) is 2.89. The fourth-order valence-electron chi connectivity index (χ4n) is 2.89. The van der Waals surface area contributed by atoms with Gasteiger partial charge in [0.15, 0.2) is 5.11 Å². The van der Waals surface area contributed by atoms with E-state index in [9.17, 15) is 0 Å². The van der Waals surface area contributed by atoms with Crippen LogP contribution >= 0.6 is 12.2 Å². The normalized spacial score (nSPS) is 12.9. The van der Waals surface area contributed by atoms with Crippen molar-refractivity contribution in [2.75, 3.05) is 10.6 Å². The molecular weight excluding hydrogens is 276 g/mol. The molecule has 3 heteroatoms. The molecule has 0 atom stereocenters. The van der Waals surface area contributed by atoms with Gasteiger partial charge in [-0.25, -0.2) is 0 Å². The number of benzene rings is 2. The molecule has 2 N–H and O–H groups in total. The van der Waals surface area contributed by atoms with E-state index in [4.69, 9.17) is 12.2 Å². The number of hydrogen-bond donors (Lipinski definition) is 2. The molecular formula is C18H20N2S. The average molecular weight is 296 g/mol. The third-order valence-corrected chi connectivity index (χ3v) is 4.19. The highest BCUT2D eigenvalue weighted by Crippen LogP contribution is 2.25. The van der Waals surface area contributed by atoms with E-state index in [-0.39, 0.29) is 0 Å². The van der Waals surface area contributed by atoms with Crippen LogP contribution in [0, 0.1) is 13.8 Å². The Kier molecular flexibility index (Phi) is 3.93. The molecule has 2 nitrogen and oxygen atoms in total. The van der Waals surface area contributed by atoms with Crippen molar-refractivity contribution in [3.8, 4) is 0 Å². The zero-order chi connectivity index (χ0) is 14.8. The van der Waals surface area contributed by atoms with Crippen LogP contribution in [0.5, 0.6) is 0 Å². The molecule has 2 aromatic carbocycles. The minimum absolute atomic E-state index is 0.639. The Labute approximate surface area is 131 Å². The predicted octanol–water partition coefficient (Wildman–Crippen LogP) is 4.60. The van der Waals surface area contributed by atoms with E-state index >= 15 is 0 Å². The summed E-state index contributed by atoms with van der Waals surface area (Å²) < 4.78 is 0. The molecule has 0 radical (unpaired) electrons. The highest BCUT2D eigenvalue weighted by Gasteiger charge is 2.11. The van der Waals surface area contributed by atoms with E-state index in [1.165, 1.54) is 41.5 Å². The number of hydrogen-bond acceptors (Lipinski definition) is 1. The lowest BCUT2D eigenvalue weighted by atomic mass is 10.1. The Morgan fingerprint density at radius 3 is 2.57 bits per heavy atom. The van der Waals surface area contributed by atoms with Crippen LogP contribution in [0.4, 0.5) is 11.4 Å². The molecule has 0 saturated heterocycles. The fraction of sp³-hybridized carbons (Fsp3) is 0.278. The van der Waals surface area contributed by atoms with E-state index < -0.39 is 0 Å². The van der Waals surface area contributed by atoms with Crippen LogP contribution in [0.1, 0.15) is 28.7 Å². The Morgan fingerprint density at radius 2 is 1.76 bits per heavy atom. The van der Waals surface area contributed by atoms with E-state index in [1.807, 2.05) is 0 Å². The summed E-state index contributed by atoms with van der Waals surface area (Å²) >= 11 is 5.42. The molecule has 0 amide bonds. The second-order valence-corrected chi connectivity index (χ2v) is 6.14. The van der Waals surface area contributed by atoms with Gasteiger partial charge in [-0.05, 0) is 80.2 Å². The van der Waals surface area contributed by atoms with Crippen molar-refractivity contribution in [3.63, 3.8) is 0 Å². The molecule has 108 valence electrons. The molecule has 0 heterocycles. The molecule has 1 aliphatic carbocycles. The van der Waals surface area contributed by atoms with Crippen molar-refractivity contribution in [2.45, 2.75) is 33.1 Å². The second kappa shape index (κ2) is 5.86. The smallest absolute Gasteiger partial charge is 0.175 e. The molecule has 2 aromatic rings. The van der Waals surface area contributed by atoms with Crippen molar-refractivity contribution >= 4 is 28.7 Å². The SMILES string of the molecule is Cc1ccc(NC(=S)Nc2ccc3c(c2)CCC3)c(C)c1. The zero-order valence-electron chi connectivity index (χ0n) is 12.5. The number of rotatable bonds is 2. The van der Waals surface area contributed by atoms with Crippen LogP contribution in [-0.2, 0) is 12.8 Å². The van der Waals surface area contributed by atoms with Crippen LogP contribution in [0.15, 0.2) is 36.4 Å². The summed E-state index contributed by atoms with van der Waals surface area (Å²) in [7, 11) is 0. The largest absolute Gasteiger partial charge is 0.332 e. The number of nitrogens with one attached hydrogen (secondary N) is 2. The fourth-order valence-corrected chi connectivity index (χ4v) is 3.12. The maximum atomic E-state index is 5.42. The van der Waals surface area contributed by atoms with Gasteiger partial charge in [-0.3, -0.25) is 0 Å². The van der Waals surface area contributed by atoms with Crippen molar-refractivity contribution in [1.82, 2.24) is 0 Å². The summed E-state index contributed by atoms with van der Waals surface area (Å²) in [6.45, 7) is 4.19. The highest BCUT2D eigenvalue weighted by atomic mass is 32.1. The molecule has 0 aliphatic heterocycles. The Balaban J connectivity index is 1.69. The first kappa shape index (κ1) is 14.1. The van der Waals surface area contributed by atoms with E-state index in [2.05, 4.69) is 60.9 Å². The lowest BCUT2D eigenvalue weighted by Gasteiger charge is -2.13. The summed E-state index contributed by atoms with van der Waals surface area (Å²) in [5.74, 6) is 0. The van der Waals surface area contributed by atoms with Gasteiger partial charge >= 0.3 is 0 Å². The third-order valence-electron chi connectivity index (χ3n) is 3.99. The summed E-state index contributed by atoms with van der Waals surface area (Å²) in [6, 6.07) is 12.9. The predicted molar refractivity (Wildman–Crippen MR) is 94.2 cm³/mol. The highest BCUT2D eigenvalue weighted by molar-refractivity contribution is 7.80. The molecule has 21 heavy (non-hydrogen) atoms. The van der Waals surface area contributed by atoms with Crippen LogP contribution < -0.4 is 10.6 Å². The van der Waals surface area contributed by atoms with Crippen LogP contribution in [0.25, 0.3) is 0 Å². The number of aryl methyl sites for hydroxylation is 4. The topological polar surface area (TPSA) is 24.1 Å². The summed E-state index contributed by atoms with van der Waals surface area (Å²) in [6.07, 6.45) is 3.66. The van der Waals surface area contributed by atoms with Gasteiger partial charge in [0.25, 0.3) is 0 Å². The number of anilines is 2. The van der Waals surface area contributed by atoms with Crippen molar-refractivity contribution in [3.05, 3.63) is 58.7 Å². The standard InChI is InChI=1S/C18H20N2S/c1-12-6-9-17(13(2)10-12)20-18(21)19-16-8-7-14-4-3-5-15(14)11-16/h6-11H,3-5H2,1-2H3,(H2,19,20,21). The molecule has 1 aliphatic rings. The third kappa shape index (κ3) is 3.24. The van der Waals surface area contributed by atoms with Crippen molar-refractivity contribution < 1.29 is 0 Å². The van der Waals surface area contributed by atoms with Crippen LogP contribution in [0.3, 0.4) is 0 Å². The van der Waals surface area contributed by atoms with Gasteiger partial charge in [-0.2, -0.15) is 0 Å². The molecule has 0 saturated carbocycles. The first-order valence-electron chi connectivity index (χ1n) is 7.39. The van der Waals surface area contributed by atoms with Crippen LogP contribution in [0.2, 0.25) is 0 Å². The maximum absolute atomic E-state index is 5.42. The summed E-state index contributed by atoms with van der Waals surface area (Å²) in [4.78, 5) is 0. The minimum atomic E-state index is 0.639. The Bertz CT molecular complexity index is 692. The second-order valence-electron chi connectivity index (χ2n) is 5.73. The van der Waals surface area contributed by atoms with Gasteiger partial charge in [0, 0.05) is 11.4 Å². The van der Waals surface area contributed by atoms with E-state index in [0.29, 0.717) is 5.11 Å². The zero-order valence-corrected chi connectivity index (χ0v) is 13.3. The van der Waals surface area contributed by atoms with Gasteiger partial charge < -0.3 is 10.6 Å². The first-order chi connectivity index (χ1) is 10.1. The van der Waals surface area contributed by atoms with Gasteiger partial charge in [-0.15, -0.1) is 0 Å². The summed E-state index contributed by atoms with van der Waals surface area (Å²) in [5, 5.41) is 7.20. The van der Waals surface area contributed by atoms with E-state index in [0.717, 1.165) is 11.4 Å². The van der Waals surface area contributed by atoms with Gasteiger partial charge in [0.2, 0.25) is 0 Å².